The van der Waals surface area contributed by atoms with Crippen molar-refractivity contribution in [3.63, 3.8) is 0 Å². The van der Waals surface area contributed by atoms with Crippen LogP contribution in [0.5, 0.6) is 0 Å². The molecule has 228 valence electrons. The first kappa shape index (κ1) is 34.4. The van der Waals surface area contributed by atoms with Gasteiger partial charge in [0.05, 0.1) is 18.8 Å². The van der Waals surface area contributed by atoms with E-state index < -0.39 is 5.60 Å². The lowest BCUT2D eigenvalue weighted by atomic mass is 10.1. The average Bonchev–Trinajstić information content (AvgIpc) is 3.49. The zero-order valence-electron chi connectivity index (χ0n) is 25.9. The number of halogens is 1. The van der Waals surface area contributed by atoms with Crippen LogP contribution in [0.25, 0.3) is 0 Å². The molecule has 1 N–H and O–H groups in total. The van der Waals surface area contributed by atoms with Crippen LogP contribution in [0.2, 0.25) is 5.15 Å². The molecule has 0 amide bonds. The standard InChI is InChI=1S/C15H23N3O2.C10H19NO2.C5H5ClN2/c1-11-7-13(17-16-9-11)18-6-5-12(10-18)8-14(19)20-15(2,3)4;1-10(2,3)13-9(12)6-8-4-5-11-7-8;1-4-2-5(6)8-7-3-4/h7,9,12H,5-6,8,10H2,1-4H3;8,11H,4-7H2,1-3H3;2-3H,1H3/t12-;8-;/m00./s1. The van der Waals surface area contributed by atoms with E-state index in [1.54, 1.807) is 18.5 Å². The lowest BCUT2D eigenvalue weighted by Gasteiger charge is -2.21. The Morgan fingerprint density at radius 1 is 0.902 bits per heavy atom. The van der Waals surface area contributed by atoms with E-state index in [4.69, 9.17) is 21.1 Å². The number of carbonyl (C=O) groups is 2. The Hall–Kier alpha value is -2.85. The molecule has 0 unspecified atom stereocenters. The molecule has 0 bridgehead atoms. The molecule has 2 aliphatic rings. The molecule has 4 rings (SSSR count). The summed E-state index contributed by atoms with van der Waals surface area (Å²) in [5.74, 6) is 1.54. The first-order chi connectivity index (χ1) is 19.1. The number of aryl methyl sites for hydroxylation is 2. The van der Waals surface area contributed by atoms with E-state index in [0.717, 1.165) is 56.0 Å². The second kappa shape index (κ2) is 16.0. The minimum Gasteiger partial charge on any atom is -0.460 e. The number of esters is 2. The summed E-state index contributed by atoms with van der Waals surface area (Å²) in [7, 11) is 0. The molecule has 2 atom stereocenters. The highest BCUT2D eigenvalue weighted by Crippen LogP contribution is 2.25. The molecule has 2 aliphatic heterocycles. The molecule has 0 radical (unpaired) electrons. The van der Waals surface area contributed by atoms with Crippen molar-refractivity contribution in [1.82, 2.24) is 25.7 Å². The number of aromatic nitrogens is 4. The number of ether oxygens (including phenoxy) is 2. The van der Waals surface area contributed by atoms with Gasteiger partial charge >= 0.3 is 11.9 Å². The van der Waals surface area contributed by atoms with Crippen LogP contribution in [-0.2, 0) is 19.1 Å². The Morgan fingerprint density at radius 3 is 1.93 bits per heavy atom. The Bertz CT molecular complexity index is 1100. The van der Waals surface area contributed by atoms with Crippen molar-refractivity contribution in [3.8, 4) is 0 Å². The van der Waals surface area contributed by atoms with E-state index in [2.05, 4.69) is 30.6 Å². The summed E-state index contributed by atoms with van der Waals surface area (Å²) < 4.78 is 10.6. The number of anilines is 1. The van der Waals surface area contributed by atoms with Crippen LogP contribution in [0, 0.1) is 25.7 Å². The topological polar surface area (TPSA) is 119 Å². The molecule has 2 aromatic rings. The van der Waals surface area contributed by atoms with Crippen LogP contribution in [-0.4, -0.2) is 69.7 Å². The summed E-state index contributed by atoms with van der Waals surface area (Å²) in [6.45, 7) is 19.1. The van der Waals surface area contributed by atoms with Gasteiger partial charge in [-0.1, -0.05) is 11.6 Å². The predicted octanol–water partition coefficient (Wildman–Crippen LogP) is 5.11. The zero-order chi connectivity index (χ0) is 30.6. The third kappa shape index (κ3) is 15.1. The predicted molar refractivity (Wildman–Crippen MR) is 161 cm³/mol. The molecule has 11 heteroatoms. The fourth-order valence-corrected chi connectivity index (χ4v) is 4.58. The van der Waals surface area contributed by atoms with E-state index in [0.29, 0.717) is 29.8 Å². The Morgan fingerprint density at radius 2 is 1.46 bits per heavy atom. The summed E-state index contributed by atoms with van der Waals surface area (Å²) in [6.07, 6.45) is 6.54. The molecular weight excluding hydrogens is 544 g/mol. The minimum atomic E-state index is -0.405. The van der Waals surface area contributed by atoms with Crippen molar-refractivity contribution >= 4 is 29.4 Å². The minimum absolute atomic E-state index is 0.0683. The van der Waals surface area contributed by atoms with Gasteiger partial charge in [0.15, 0.2) is 11.0 Å². The third-order valence-electron chi connectivity index (χ3n) is 6.06. The largest absolute Gasteiger partial charge is 0.460 e. The Kier molecular flexibility index (Phi) is 13.4. The lowest BCUT2D eigenvalue weighted by Crippen LogP contribution is -2.26. The van der Waals surface area contributed by atoms with Gasteiger partial charge in [0, 0.05) is 19.5 Å². The van der Waals surface area contributed by atoms with Gasteiger partial charge in [-0.3, -0.25) is 9.59 Å². The van der Waals surface area contributed by atoms with Crippen molar-refractivity contribution in [2.75, 3.05) is 31.1 Å². The van der Waals surface area contributed by atoms with Gasteiger partial charge in [-0.15, -0.1) is 10.2 Å². The first-order valence-corrected chi connectivity index (χ1v) is 14.6. The molecule has 4 heterocycles. The maximum absolute atomic E-state index is 11.8. The van der Waals surface area contributed by atoms with Gasteiger partial charge < -0.3 is 19.7 Å². The molecular formula is C30H47ClN6O4. The second-order valence-electron chi connectivity index (χ2n) is 12.7. The number of hydrogen-bond acceptors (Lipinski definition) is 10. The van der Waals surface area contributed by atoms with Crippen LogP contribution in [0.1, 0.15) is 78.4 Å². The number of nitrogens with one attached hydrogen (secondary N) is 1. The van der Waals surface area contributed by atoms with Crippen molar-refractivity contribution in [1.29, 1.82) is 0 Å². The lowest BCUT2D eigenvalue weighted by molar-refractivity contribution is -0.157. The molecule has 41 heavy (non-hydrogen) atoms. The molecule has 0 spiro atoms. The van der Waals surface area contributed by atoms with Crippen LogP contribution >= 0.6 is 11.6 Å². The second-order valence-corrected chi connectivity index (χ2v) is 13.1. The van der Waals surface area contributed by atoms with Gasteiger partial charge in [0.1, 0.15) is 11.2 Å². The van der Waals surface area contributed by atoms with Gasteiger partial charge in [-0.2, -0.15) is 10.2 Å². The van der Waals surface area contributed by atoms with E-state index in [-0.39, 0.29) is 17.5 Å². The summed E-state index contributed by atoms with van der Waals surface area (Å²) in [5, 5.41) is 19.0. The molecule has 10 nitrogen and oxygen atoms in total. The van der Waals surface area contributed by atoms with Crippen LogP contribution in [0.15, 0.2) is 24.5 Å². The van der Waals surface area contributed by atoms with Gasteiger partial charge in [0.25, 0.3) is 0 Å². The van der Waals surface area contributed by atoms with E-state index in [9.17, 15) is 9.59 Å². The maximum atomic E-state index is 11.8. The summed E-state index contributed by atoms with van der Waals surface area (Å²) in [4.78, 5) is 25.4. The van der Waals surface area contributed by atoms with E-state index in [1.807, 2.05) is 61.5 Å². The smallest absolute Gasteiger partial charge is 0.306 e. The number of hydrogen-bond donors (Lipinski definition) is 1. The normalized spacial score (nSPS) is 18.5. The van der Waals surface area contributed by atoms with Crippen LogP contribution in [0.3, 0.4) is 0 Å². The maximum Gasteiger partial charge on any atom is 0.306 e. The molecule has 2 fully saturated rings. The summed E-state index contributed by atoms with van der Waals surface area (Å²) in [6, 6.07) is 3.79. The van der Waals surface area contributed by atoms with Crippen LogP contribution in [0.4, 0.5) is 5.82 Å². The number of rotatable bonds is 5. The summed E-state index contributed by atoms with van der Waals surface area (Å²) >= 11 is 5.47. The van der Waals surface area contributed by atoms with Crippen molar-refractivity contribution < 1.29 is 19.1 Å². The average molecular weight is 591 g/mol. The fourth-order valence-electron chi connectivity index (χ4n) is 4.37. The SMILES string of the molecule is CC(C)(C)OC(=O)C[C@@H]1CCNC1.Cc1cnnc(Cl)c1.Cc1cnnc(N2CC[C@@H](CC(=O)OC(C)(C)C)C2)c1. The highest BCUT2D eigenvalue weighted by atomic mass is 35.5. The highest BCUT2D eigenvalue weighted by molar-refractivity contribution is 6.29. The van der Waals surface area contributed by atoms with Gasteiger partial charge in [-0.05, 0) is 116 Å². The number of nitrogens with zero attached hydrogens (tertiary/aromatic N) is 5. The Labute approximate surface area is 249 Å². The molecule has 0 saturated carbocycles. The molecule has 0 aliphatic carbocycles. The summed E-state index contributed by atoms with van der Waals surface area (Å²) in [5.41, 5.74) is 1.39. The van der Waals surface area contributed by atoms with E-state index in [1.165, 1.54) is 0 Å². The van der Waals surface area contributed by atoms with Crippen molar-refractivity contribution in [3.05, 3.63) is 40.8 Å². The highest BCUT2D eigenvalue weighted by Gasteiger charge is 2.28. The Balaban J connectivity index is 0.000000239. The monoisotopic (exact) mass is 590 g/mol. The van der Waals surface area contributed by atoms with E-state index >= 15 is 0 Å². The molecule has 0 aromatic carbocycles. The quantitative estimate of drug-likeness (QED) is 0.470. The van der Waals surface area contributed by atoms with Crippen molar-refractivity contribution in [2.45, 2.75) is 92.3 Å². The molecule has 2 aromatic heterocycles. The van der Waals surface area contributed by atoms with Crippen molar-refractivity contribution in [2.24, 2.45) is 11.8 Å². The van der Waals surface area contributed by atoms with Gasteiger partial charge in [0.2, 0.25) is 0 Å². The zero-order valence-corrected chi connectivity index (χ0v) is 26.6. The van der Waals surface area contributed by atoms with Gasteiger partial charge in [-0.25, -0.2) is 0 Å². The van der Waals surface area contributed by atoms with Crippen LogP contribution < -0.4 is 10.2 Å². The first-order valence-electron chi connectivity index (χ1n) is 14.2. The fraction of sp³-hybridized carbons (Fsp3) is 0.667. The third-order valence-corrected chi connectivity index (χ3v) is 6.25. The number of carbonyl (C=O) groups excluding carboxylic acids is 2. The molecule has 2 saturated heterocycles.